The SMILES string of the molecule is CCC1=CCC(CNC)C=C1. The fraction of sp³-hybridized carbons (Fsp3) is 0.600. The first kappa shape index (κ1) is 8.54. The molecule has 0 aromatic carbocycles. The lowest BCUT2D eigenvalue weighted by Crippen LogP contribution is -2.17. The molecule has 0 aromatic rings. The Labute approximate surface area is 69.2 Å². The van der Waals surface area contributed by atoms with E-state index in [4.69, 9.17) is 0 Å². The minimum absolute atomic E-state index is 0.718. The predicted octanol–water partition coefficient (Wildman–Crippen LogP) is 2.12. The van der Waals surface area contributed by atoms with E-state index in [1.807, 2.05) is 7.05 Å². The molecule has 1 nitrogen and oxygen atoms in total. The van der Waals surface area contributed by atoms with Gasteiger partial charge in [-0.15, -0.1) is 0 Å². The molecule has 11 heavy (non-hydrogen) atoms. The maximum Gasteiger partial charge on any atom is 0.00143 e. The van der Waals surface area contributed by atoms with Gasteiger partial charge < -0.3 is 5.32 Å². The van der Waals surface area contributed by atoms with Gasteiger partial charge in [0.25, 0.3) is 0 Å². The van der Waals surface area contributed by atoms with Crippen LogP contribution in [0.5, 0.6) is 0 Å². The third-order valence-corrected chi connectivity index (χ3v) is 2.14. The minimum Gasteiger partial charge on any atom is -0.319 e. The highest BCUT2D eigenvalue weighted by Gasteiger charge is 2.05. The molecule has 0 heterocycles. The van der Waals surface area contributed by atoms with E-state index in [0.717, 1.165) is 12.5 Å². The van der Waals surface area contributed by atoms with Crippen LogP contribution in [-0.4, -0.2) is 13.6 Å². The zero-order chi connectivity index (χ0) is 8.10. The van der Waals surface area contributed by atoms with Crippen LogP contribution in [0.2, 0.25) is 0 Å². The van der Waals surface area contributed by atoms with Crippen LogP contribution in [0.4, 0.5) is 0 Å². The van der Waals surface area contributed by atoms with Gasteiger partial charge in [-0.25, -0.2) is 0 Å². The van der Waals surface area contributed by atoms with Gasteiger partial charge in [0.15, 0.2) is 0 Å². The summed E-state index contributed by atoms with van der Waals surface area (Å²) in [7, 11) is 2.01. The van der Waals surface area contributed by atoms with Crippen molar-refractivity contribution in [3.8, 4) is 0 Å². The summed E-state index contributed by atoms with van der Waals surface area (Å²) < 4.78 is 0. The summed E-state index contributed by atoms with van der Waals surface area (Å²) in [5.74, 6) is 0.718. The van der Waals surface area contributed by atoms with Crippen molar-refractivity contribution in [1.29, 1.82) is 0 Å². The van der Waals surface area contributed by atoms with Gasteiger partial charge in [0, 0.05) is 6.54 Å². The van der Waals surface area contributed by atoms with Crippen LogP contribution in [-0.2, 0) is 0 Å². The van der Waals surface area contributed by atoms with Crippen molar-refractivity contribution < 1.29 is 0 Å². The summed E-state index contributed by atoms with van der Waals surface area (Å²) in [6.07, 6.45) is 9.30. The van der Waals surface area contributed by atoms with Crippen molar-refractivity contribution >= 4 is 0 Å². The summed E-state index contributed by atoms with van der Waals surface area (Å²) >= 11 is 0. The molecule has 1 aliphatic carbocycles. The zero-order valence-electron chi connectivity index (χ0n) is 7.43. The van der Waals surface area contributed by atoms with Gasteiger partial charge in [-0.05, 0) is 25.8 Å². The second-order valence-corrected chi connectivity index (χ2v) is 3.05. The molecule has 0 spiro atoms. The molecule has 0 saturated heterocycles. The highest BCUT2D eigenvalue weighted by atomic mass is 14.8. The van der Waals surface area contributed by atoms with E-state index in [9.17, 15) is 0 Å². The third-order valence-electron chi connectivity index (χ3n) is 2.14. The van der Waals surface area contributed by atoms with Gasteiger partial charge in [-0.3, -0.25) is 0 Å². The summed E-state index contributed by atoms with van der Waals surface area (Å²) in [5.41, 5.74) is 1.48. The molecule has 0 bridgehead atoms. The molecule has 0 fully saturated rings. The van der Waals surface area contributed by atoms with Crippen LogP contribution < -0.4 is 5.32 Å². The zero-order valence-corrected chi connectivity index (χ0v) is 7.43. The fourth-order valence-electron chi connectivity index (χ4n) is 1.38. The minimum atomic E-state index is 0.718. The average molecular weight is 151 g/mol. The van der Waals surface area contributed by atoms with E-state index in [1.54, 1.807) is 0 Å². The smallest absolute Gasteiger partial charge is 0.00143 e. The van der Waals surface area contributed by atoms with Crippen LogP contribution in [0.25, 0.3) is 0 Å². The van der Waals surface area contributed by atoms with Crippen LogP contribution in [0, 0.1) is 5.92 Å². The van der Waals surface area contributed by atoms with Crippen molar-refractivity contribution in [3.05, 3.63) is 23.8 Å². The second kappa shape index (κ2) is 4.35. The van der Waals surface area contributed by atoms with E-state index in [0.29, 0.717) is 0 Å². The summed E-state index contributed by atoms with van der Waals surface area (Å²) in [6, 6.07) is 0. The Bertz CT molecular complexity index is 168. The molecule has 1 aliphatic rings. The van der Waals surface area contributed by atoms with Crippen molar-refractivity contribution in [2.24, 2.45) is 5.92 Å². The molecule has 0 aliphatic heterocycles. The largest absolute Gasteiger partial charge is 0.319 e. The van der Waals surface area contributed by atoms with Crippen LogP contribution in [0.15, 0.2) is 23.8 Å². The van der Waals surface area contributed by atoms with Gasteiger partial charge in [0.2, 0.25) is 0 Å². The third kappa shape index (κ3) is 2.51. The highest BCUT2D eigenvalue weighted by Crippen LogP contribution is 2.17. The number of hydrogen-bond donors (Lipinski definition) is 1. The van der Waals surface area contributed by atoms with Gasteiger partial charge in [0.1, 0.15) is 0 Å². The molecule has 1 N–H and O–H groups in total. The molecule has 1 atom stereocenters. The normalized spacial score (nSPS) is 23.5. The Morgan fingerprint density at radius 3 is 2.91 bits per heavy atom. The summed E-state index contributed by atoms with van der Waals surface area (Å²) in [6.45, 7) is 3.30. The Morgan fingerprint density at radius 1 is 1.64 bits per heavy atom. The Morgan fingerprint density at radius 2 is 2.45 bits per heavy atom. The van der Waals surface area contributed by atoms with E-state index in [2.05, 4.69) is 30.5 Å². The molecule has 1 heteroatoms. The monoisotopic (exact) mass is 151 g/mol. The fourth-order valence-corrected chi connectivity index (χ4v) is 1.38. The van der Waals surface area contributed by atoms with Crippen molar-refractivity contribution in [1.82, 2.24) is 5.32 Å². The lowest BCUT2D eigenvalue weighted by Gasteiger charge is -2.14. The molecule has 0 radical (unpaired) electrons. The molecule has 62 valence electrons. The second-order valence-electron chi connectivity index (χ2n) is 3.05. The Kier molecular flexibility index (Phi) is 3.37. The average Bonchev–Trinajstić information content (AvgIpc) is 2.07. The summed E-state index contributed by atoms with van der Waals surface area (Å²) in [5, 5.41) is 3.19. The molecule has 0 saturated carbocycles. The predicted molar refractivity (Wildman–Crippen MR) is 49.5 cm³/mol. The van der Waals surface area contributed by atoms with Gasteiger partial charge in [-0.2, -0.15) is 0 Å². The summed E-state index contributed by atoms with van der Waals surface area (Å²) in [4.78, 5) is 0. The Balaban J connectivity index is 2.37. The van der Waals surface area contributed by atoms with E-state index in [1.165, 1.54) is 18.4 Å². The number of allylic oxidation sites excluding steroid dienone is 3. The molecule has 0 amide bonds. The van der Waals surface area contributed by atoms with Crippen LogP contribution >= 0.6 is 0 Å². The van der Waals surface area contributed by atoms with Crippen molar-refractivity contribution in [2.45, 2.75) is 19.8 Å². The lowest BCUT2D eigenvalue weighted by molar-refractivity contribution is 0.598. The van der Waals surface area contributed by atoms with Gasteiger partial charge >= 0.3 is 0 Å². The van der Waals surface area contributed by atoms with Crippen molar-refractivity contribution in [3.63, 3.8) is 0 Å². The first-order chi connectivity index (χ1) is 5.36. The van der Waals surface area contributed by atoms with E-state index < -0.39 is 0 Å². The van der Waals surface area contributed by atoms with Gasteiger partial charge in [0.05, 0.1) is 0 Å². The number of rotatable bonds is 3. The molecule has 0 aromatic heterocycles. The van der Waals surface area contributed by atoms with Gasteiger partial charge in [-0.1, -0.05) is 30.7 Å². The first-order valence-electron chi connectivity index (χ1n) is 4.38. The maximum absolute atomic E-state index is 3.19. The van der Waals surface area contributed by atoms with E-state index >= 15 is 0 Å². The quantitative estimate of drug-likeness (QED) is 0.651. The molecular formula is C10H17N. The number of nitrogens with one attached hydrogen (secondary N) is 1. The Hall–Kier alpha value is -0.560. The lowest BCUT2D eigenvalue weighted by atomic mass is 9.96. The number of hydrogen-bond acceptors (Lipinski definition) is 1. The van der Waals surface area contributed by atoms with E-state index in [-0.39, 0.29) is 0 Å². The molecule has 1 rings (SSSR count). The standard InChI is InChI=1S/C10H17N/c1-3-9-4-6-10(7-5-9)8-11-2/h4-6,10-11H,3,7-8H2,1-2H3. The molecule has 1 unspecified atom stereocenters. The molecular weight excluding hydrogens is 134 g/mol. The first-order valence-corrected chi connectivity index (χ1v) is 4.38. The highest BCUT2D eigenvalue weighted by molar-refractivity contribution is 5.23. The maximum atomic E-state index is 3.19. The van der Waals surface area contributed by atoms with Crippen LogP contribution in [0.3, 0.4) is 0 Å². The van der Waals surface area contributed by atoms with Crippen LogP contribution in [0.1, 0.15) is 19.8 Å². The topological polar surface area (TPSA) is 12.0 Å². The van der Waals surface area contributed by atoms with Crippen molar-refractivity contribution in [2.75, 3.05) is 13.6 Å².